The molecule has 0 N–H and O–H groups in total. The van der Waals surface area contributed by atoms with E-state index in [2.05, 4.69) is 4.90 Å². The molecule has 0 radical (unpaired) electrons. The Bertz CT molecular complexity index is 450. The van der Waals surface area contributed by atoms with E-state index in [4.69, 9.17) is 4.74 Å². The van der Waals surface area contributed by atoms with E-state index in [1.165, 1.54) is 0 Å². The van der Waals surface area contributed by atoms with Crippen molar-refractivity contribution in [2.45, 2.75) is 57.7 Å². The number of nitrogens with zero attached hydrogens (tertiary/aromatic N) is 3. The predicted molar refractivity (Wildman–Crippen MR) is 87.0 cm³/mol. The molecule has 0 aromatic rings. The van der Waals surface area contributed by atoms with Crippen molar-refractivity contribution in [2.24, 2.45) is 0 Å². The minimum atomic E-state index is -0.102. The van der Waals surface area contributed by atoms with E-state index in [0.717, 1.165) is 38.8 Å². The zero-order chi connectivity index (χ0) is 16.4. The summed E-state index contributed by atoms with van der Waals surface area (Å²) in [4.78, 5) is 31.0. The lowest BCUT2D eigenvalue weighted by Gasteiger charge is -2.39. The van der Waals surface area contributed by atoms with Crippen molar-refractivity contribution in [1.82, 2.24) is 14.7 Å². The molecule has 0 aromatic heterocycles. The van der Waals surface area contributed by atoms with Crippen LogP contribution in [0.2, 0.25) is 0 Å². The van der Waals surface area contributed by atoms with Crippen LogP contribution in [0.1, 0.15) is 39.5 Å². The smallest absolute Gasteiger partial charge is 0.239 e. The molecule has 2 amide bonds. The molecule has 0 unspecified atom stereocenters. The highest BCUT2D eigenvalue weighted by Crippen LogP contribution is 2.31. The lowest BCUT2D eigenvalue weighted by Crippen LogP contribution is -2.55. The van der Waals surface area contributed by atoms with E-state index < -0.39 is 0 Å². The highest BCUT2D eigenvalue weighted by atomic mass is 16.5. The normalized spacial score (nSPS) is 30.7. The van der Waals surface area contributed by atoms with Crippen LogP contribution in [0.25, 0.3) is 0 Å². The molecule has 3 fully saturated rings. The van der Waals surface area contributed by atoms with E-state index in [-0.39, 0.29) is 23.9 Å². The Labute approximate surface area is 138 Å². The van der Waals surface area contributed by atoms with Crippen molar-refractivity contribution in [3.8, 4) is 0 Å². The number of carbonyl (C=O) groups excluding carboxylic acids is 2. The Morgan fingerprint density at radius 2 is 1.65 bits per heavy atom. The fraction of sp³-hybridized carbons (Fsp3) is 0.882. The molecule has 6 heteroatoms. The zero-order valence-electron chi connectivity index (χ0n) is 14.4. The minimum Gasteiger partial charge on any atom is -0.378 e. The molecule has 23 heavy (non-hydrogen) atoms. The Morgan fingerprint density at radius 3 is 2.35 bits per heavy atom. The summed E-state index contributed by atoms with van der Waals surface area (Å²) < 4.78 is 5.35. The first-order valence-electron chi connectivity index (χ1n) is 8.99. The number of amides is 2. The number of hydrogen-bond acceptors (Lipinski definition) is 4. The van der Waals surface area contributed by atoms with Crippen molar-refractivity contribution in [2.75, 3.05) is 39.4 Å². The summed E-state index contributed by atoms with van der Waals surface area (Å²) in [5.74, 6) is 0.388. The van der Waals surface area contributed by atoms with Crippen molar-refractivity contribution < 1.29 is 14.3 Å². The van der Waals surface area contributed by atoms with Crippen LogP contribution in [0.4, 0.5) is 0 Å². The Balaban J connectivity index is 1.68. The quantitative estimate of drug-likeness (QED) is 0.767. The zero-order valence-corrected chi connectivity index (χ0v) is 14.4. The summed E-state index contributed by atoms with van der Waals surface area (Å²) in [5, 5.41) is 0. The molecule has 0 spiro atoms. The van der Waals surface area contributed by atoms with Crippen LogP contribution in [-0.4, -0.2) is 84.0 Å². The first-order chi connectivity index (χ1) is 11.1. The molecule has 3 rings (SSSR count). The average Bonchev–Trinajstić information content (AvgIpc) is 3.22. The molecule has 3 atom stereocenters. The molecule has 0 bridgehead atoms. The van der Waals surface area contributed by atoms with Gasteiger partial charge in [0.2, 0.25) is 11.8 Å². The van der Waals surface area contributed by atoms with Crippen molar-refractivity contribution >= 4 is 11.8 Å². The maximum absolute atomic E-state index is 12.8. The van der Waals surface area contributed by atoms with E-state index in [9.17, 15) is 9.59 Å². The summed E-state index contributed by atoms with van der Waals surface area (Å²) in [6, 6.07) is 0.520. The molecular formula is C17H29N3O3. The highest BCUT2D eigenvalue weighted by molar-refractivity contribution is 5.81. The Kier molecular flexibility index (Phi) is 5.21. The summed E-state index contributed by atoms with van der Waals surface area (Å²) in [6.45, 7) is 8.21. The van der Waals surface area contributed by atoms with Gasteiger partial charge < -0.3 is 14.5 Å². The van der Waals surface area contributed by atoms with E-state index in [1.54, 1.807) is 6.92 Å². The summed E-state index contributed by atoms with van der Waals surface area (Å²) in [6.07, 6.45) is 4.36. The largest absolute Gasteiger partial charge is 0.378 e. The third kappa shape index (κ3) is 3.38. The second-order valence-corrected chi connectivity index (χ2v) is 6.98. The summed E-state index contributed by atoms with van der Waals surface area (Å²) in [5.41, 5.74) is 0. The molecule has 0 saturated carbocycles. The topological polar surface area (TPSA) is 53.1 Å². The highest BCUT2D eigenvalue weighted by Gasteiger charge is 2.42. The monoisotopic (exact) mass is 323 g/mol. The second-order valence-electron chi connectivity index (χ2n) is 6.98. The molecule has 3 saturated heterocycles. The lowest BCUT2D eigenvalue weighted by atomic mass is 10.0. The van der Waals surface area contributed by atoms with E-state index in [0.29, 0.717) is 32.3 Å². The predicted octanol–water partition coefficient (Wildman–Crippen LogP) is 0.709. The SMILES string of the molecule is CC(=O)N1CCC[C@@H]1[C@H]1CCCN1[C@H](C)C(=O)N1CCOCC1. The summed E-state index contributed by atoms with van der Waals surface area (Å²) in [7, 11) is 0. The molecule has 3 aliphatic rings. The van der Waals surface area contributed by atoms with Gasteiger partial charge in [0, 0.05) is 38.6 Å². The fourth-order valence-corrected chi connectivity index (χ4v) is 4.48. The van der Waals surface area contributed by atoms with Crippen LogP contribution in [0.5, 0.6) is 0 Å². The molecule has 3 heterocycles. The van der Waals surface area contributed by atoms with Gasteiger partial charge in [0.05, 0.1) is 19.3 Å². The van der Waals surface area contributed by atoms with E-state index in [1.807, 2.05) is 16.7 Å². The minimum absolute atomic E-state index is 0.102. The van der Waals surface area contributed by atoms with Gasteiger partial charge in [-0.2, -0.15) is 0 Å². The first-order valence-corrected chi connectivity index (χ1v) is 8.99. The number of carbonyl (C=O) groups is 2. The number of morpholine rings is 1. The van der Waals surface area contributed by atoms with Crippen molar-refractivity contribution in [3.05, 3.63) is 0 Å². The summed E-state index contributed by atoms with van der Waals surface area (Å²) >= 11 is 0. The molecule has 3 aliphatic heterocycles. The van der Waals surface area contributed by atoms with Crippen LogP contribution >= 0.6 is 0 Å². The van der Waals surface area contributed by atoms with Gasteiger partial charge in [-0.1, -0.05) is 0 Å². The average molecular weight is 323 g/mol. The van der Waals surface area contributed by atoms with Crippen LogP contribution < -0.4 is 0 Å². The van der Waals surface area contributed by atoms with Gasteiger partial charge in [0.1, 0.15) is 0 Å². The van der Waals surface area contributed by atoms with Crippen molar-refractivity contribution in [1.29, 1.82) is 0 Å². The van der Waals surface area contributed by atoms with Gasteiger partial charge in [-0.3, -0.25) is 14.5 Å². The molecule has 130 valence electrons. The van der Waals surface area contributed by atoms with Crippen LogP contribution in [0.15, 0.2) is 0 Å². The molecule has 0 aromatic carbocycles. The van der Waals surface area contributed by atoms with Gasteiger partial charge in [-0.15, -0.1) is 0 Å². The molecule has 0 aliphatic carbocycles. The number of likely N-dealkylation sites (tertiary alicyclic amines) is 2. The fourth-order valence-electron chi connectivity index (χ4n) is 4.48. The lowest BCUT2D eigenvalue weighted by molar-refractivity contribution is -0.141. The maximum atomic E-state index is 12.8. The molecular weight excluding hydrogens is 294 g/mol. The maximum Gasteiger partial charge on any atom is 0.239 e. The van der Waals surface area contributed by atoms with Crippen molar-refractivity contribution in [3.63, 3.8) is 0 Å². The Hall–Kier alpha value is -1.14. The van der Waals surface area contributed by atoms with Gasteiger partial charge in [-0.25, -0.2) is 0 Å². The third-order valence-corrected chi connectivity index (χ3v) is 5.67. The second kappa shape index (κ2) is 7.18. The van der Waals surface area contributed by atoms with E-state index >= 15 is 0 Å². The molecule has 6 nitrogen and oxygen atoms in total. The Morgan fingerprint density at radius 1 is 1.00 bits per heavy atom. The van der Waals surface area contributed by atoms with Crippen LogP contribution in [0, 0.1) is 0 Å². The third-order valence-electron chi connectivity index (χ3n) is 5.67. The number of ether oxygens (including phenoxy) is 1. The van der Waals surface area contributed by atoms with Gasteiger partial charge in [0.25, 0.3) is 0 Å². The van der Waals surface area contributed by atoms with Gasteiger partial charge >= 0.3 is 0 Å². The standard InChI is InChI=1S/C17H29N3O3/c1-13(17(22)18-9-11-23-12-10-18)19-7-3-5-15(19)16-6-4-8-20(16)14(2)21/h13,15-16H,3-12H2,1-2H3/t13-,15-,16-/m1/s1. The van der Waals surface area contributed by atoms with Crippen LogP contribution in [-0.2, 0) is 14.3 Å². The van der Waals surface area contributed by atoms with Gasteiger partial charge in [0.15, 0.2) is 0 Å². The number of hydrogen-bond donors (Lipinski definition) is 0. The van der Waals surface area contributed by atoms with Gasteiger partial charge in [-0.05, 0) is 39.2 Å². The first kappa shape index (κ1) is 16.7. The number of rotatable bonds is 3. The van der Waals surface area contributed by atoms with Crippen LogP contribution in [0.3, 0.4) is 0 Å².